The number of benzene rings is 1. The average molecular weight is 395 g/mol. The molecule has 1 saturated heterocycles. The zero-order chi connectivity index (χ0) is 19.2. The Bertz CT molecular complexity index is 782. The zero-order valence-corrected chi connectivity index (χ0v) is 16.1. The molecule has 0 N–H and O–H groups in total. The van der Waals surface area contributed by atoms with Gasteiger partial charge in [-0.2, -0.15) is 0 Å². The molecule has 2 aromatic rings. The van der Waals surface area contributed by atoms with E-state index in [0.717, 1.165) is 19.4 Å². The third-order valence-corrected chi connectivity index (χ3v) is 5.23. The predicted octanol–water partition coefficient (Wildman–Crippen LogP) is 1.75. The molecule has 10 heteroatoms. The molecule has 27 heavy (non-hydrogen) atoms. The molecule has 0 bridgehead atoms. The Kier molecular flexibility index (Phi) is 6.62. The van der Waals surface area contributed by atoms with Crippen LogP contribution >= 0.6 is 11.8 Å². The lowest BCUT2D eigenvalue weighted by atomic mass is 10.2. The number of carbonyl (C=O) groups excluding carboxylic acids is 1. The van der Waals surface area contributed by atoms with Crippen LogP contribution in [0.25, 0.3) is 0 Å². The molecule has 1 aliphatic rings. The minimum atomic E-state index is -0.446. The molecule has 2 heterocycles. The average Bonchev–Trinajstić information content (AvgIpc) is 3.32. The van der Waals surface area contributed by atoms with Gasteiger partial charge in [0.05, 0.1) is 25.5 Å². The van der Waals surface area contributed by atoms with E-state index in [1.165, 1.54) is 24.9 Å². The first kappa shape index (κ1) is 19.6. The van der Waals surface area contributed by atoms with E-state index in [9.17, 15) is 9.18 Å². The van der Waals surface area contributed by atoms with Crippen LogP contribution in [-0.4, -0.2) is 63.6 Å². The van der Waals surface area contributed by atoms with Crippen LogP contribution in [0.3, 0.4) is 0 Å². The molecule has 0 unspecified atom stereocenters. The van der Waals surface area contributed by atoms with Gasteiger partial charge in [0.2, 0.25) is 11.1 Å². The standard InChI is InChI=1S/C17H22FN5O3S/c1-22(9-12-5-6-15(25-2)14(18)8-12)16(24)11-27-17-19-20-21-23(17)10-13-4-3-7-26-13/h5-6,8,13H,3-4,7,9-11H2,1-2H3/t13-/m0/s1. The summed E-state index contributed by atoms with van der Waals surface area (Å²) in [5.41, 5.74) is 0.692. The quantitative estimate of drug-likeness (QED) is 0.630. The van der Waals surface area contributed by atoms with Crippen molar-refractivity contribution in [3.05, 3.63) is 29.6 Å². The molecule has 1 atom stereocenters. The summed E-state index contributed by atoms with van der Waals surface area (Å²) in [4.78, 5) is 13.9. The molecule has 1 aromatic heterocycles. The number of hydrogen-bond donors (Lipinski definition) is 0. The lowest BCUT2D eigenvalue weighted by molar-refractivity contribution is -0.127. The maximum Gasteiger partial charge on any atom is 0.233 e. The number of thioether (sulfide) groups is 1. The highest BCUT2D eigenvalue weighted by Gasteiger charge is 2.20. The van der Waals surface area contributed by atoms with Gasteiger partial charge in [0.1, 0.15) is 0 Å². The van der Waals surface area contributed by atoms with Gasteiger partial charge in [-0.1, -0.05) is 17.8 Å². The first-order valence-corrected chi connectivity index (χ1v) is 9.62. The first-order valence-electron chi connectivity index (χ1n) is 8.63. The summed E-state index contributed by atoms with van der Waals surface area (Å²) in [7, 11) is 3.10. The van der Waals surface area contributed by atoms with Crippen LogP contribution in [0, 0.1) is 5.82 Å². The monoisotopic (exact) mass is 395 g/mol. The third kappa shape index (κ3) is 5.16. The van der Waals surface area contributed by atoms with E-state index in [1.54, 1.807) is 28.8 Å². The maximum absolute atomic E-state index is 13.8. The molecule has 3 rings (SSSR count). The van der Waals surface area contributed by atoms with Crippen LogP contribution in [0.2, 0.25) is 0 Å². The summed E-state index contributed by atoms with van der Waals surface area (Å²) < 4.78 is 26.0. The van der Waals surface area contributed by atoms with Gasteiger partial charge in [0, 0.05) is 20.2 Å². The highest BCUT2D eigenvalue weighted by molar-refractivity contribution is 7.99. The fourth-order valence-electron chi connectivity index (χ4n) is 2.80. The van der Waals surface area contributed by atoms with E-state index >= 15 is 0 Å². The largest absolute Gasteiger partial charge is 0.494 e. The van der Waals surface area contributed by atoms with Crippen LogP contribution in [0.5, 0.6) is 5.75 Å². The zero-order valence-electron chi connectivity index (χ0n) is 15.3. The number of amides is 1. The summed E-state index contributed by atoms with van der Waals surface area (Å²) in [6, 6.07) is 4.66. The Labute approximate surface area is 161 Å². The second-order valence-electron chi connectivity index (χ2n) is 6.29. The number of methoxy groups -OCH3 is 1. The molecule has 1 fully saturated rings. The van der Waals surface area contributed by atoms with E-state index in [2.05, 4.69) is 15.5 Å². The normalized spacial score (nSPS) is 16.5. The van der Waals surface area contributed by atoms with Crippen LogP contribution in [-0.2, 0) is 22.6 Å². The Morgan fingerprint density at radius 3 is 3.07 bits per heavy atom. The molecule has 0 radical (unpaired) electrons. The van der Waals surface area contributed by atoms with Gasteiger partial charge in [-0.3, -0.25) is 4.79 Å². The second kappa shape index (κ2) is 9.14. The first-order chi connectivity index (χ1) is 13.1. The molecule has 0 spiro atoms. The van der Waals surface area contributed by atoms with Gasteiger partial charge < -0.3 is 14.4 Å². The highest BCUT2D eigenvalue weighted by atomic mass is 32.2. The van der Waals surface area contributed by atoms with Gasteiger partial charge in [-0.15, -0.1) is 5.10 Å². The summed E-state index contributed by atoms with van der Waals surface area (Å²) in [6.07, 6.45) is 2.16. The summed E-state index contributed by atoms with van der Waals surface area (Å²) >= 11 is 1.28. The highest BCUT2D eigenvalue weighted by Crippen LogP contribution is 2.20. The molecular formula is C17H22FN5O3S. The van der Waals surface area contributed by atoms with Crippen LogP contribution in [0.1, 0.15) is 18.4 Å². The van der Waals surface area contributed by atoms with Crippen molar-refractivity contribution in [1.29, 1.82) is 0 Å². The van der Waals surface area contributed by atoms with Crippen LogP contribution < -0.4 is 4.74 Å². The predicted molar refractivity (Wildman–Crippen MR) is 96.9 cm³/mol. The number of halogens is 1. The van der Waals surface area contributed by atoms with Crippen LogP contribution in [0.15, 0.2) is 23.4 Å². The van der Waals surface area contributed by atoms with Crippen molar-refractivity contribution in [3.63, 3.8) is 0 Å². The van der Waals surface area contributed by atoms with Gasteiger partial charge in [-0.25, -0.2) is 9.07 Å². The number of carbonyl (C=O) groups is 1. The van der Waals surface area contributed by atoms with E-state index in [0.29, 0.717) is 23.8 Å². The molecule has 0 saturated carbocycles. The van der Waals surface area contributed by atoms with Crippen LogP contribution in [0.4, 0.5) is 4.39 Å². The fraction of sp³-hybridized carbons (Fsp3) is 0.529. The minimum absolute atomic E-state index is 0.0945. The SMILES string of the molecule is COc1ccc(CN(C)C(=O)CSc2nnnn2C[C@@H]2CCCO2)cc1F. The van der Waals surface area contributed by atoms with E-state index in [1.807, 2.05) is 0 Å². The van der Waals surface area contributed by atoms with Gasteiger partial charge in [0.15, 0.2) is 11.6 Å². The van der Waals surface area contributed by atoms with E-state index in [4.69, 9.17) is 9.47 Å². The molecule has 1 aliphatic heterocycles. The molecule has 8 nitrogen and oxygen atoms in total. The van der Waals surface area contributed by atoms with Crippen molar-refractivity contribution in [2.24, 2.45) is 0 Å². The number of nitrogens with zero attached hydrogens (tertiary/aromatic N) is 5. The van der Waals surface area contributed by atoms with Crippen molar-refractivity contribution in [1.82, 2.24) is 25.1 Å². The van der Waals surface area contributed by atoms with Gasteiger partial charge in [0.25, 0.3) is 0 Å². The second-order valence-corrected chi connectivity index (χ2v) is 7.23. The Morgan fingerprint density at radius 2 is 2.37 bits per heavy atom. The number of aromatic nitrogens is 4. The van der Waals surface area contributed by atoms with E-state index in [-0.39, 0.29) is 23.5 Å². The van der Waals surface area contributed by atoms with Crippen molar-refractivity contribution < 1.29 is 18.7 Å². The smallest absolute Gasteiger partial charge is 0.233 e. The van der Waals surface area contributed by atoms with Crippen molar-refractivity contribution in [2.75, 3.05) is 26.5 Å². The van der Waals surface area contributed by atoms with Gasteiger partial charge >= 0.3 is 0 Å². The molecule has 146 valence electrons. The van der Waals surface area contributed by atoms with Crippen molar-refractivity contribution >= 4 is 17.7 Å². The Hall–Kier alpha value is -2.20. The summed E-state index contributed by atoms with van der Waals surface area (Å²) in [5.74, 6) is -0.163. The maximum atomic E-state index is 13.8. The van der Waals surface area contributed by atoms with Crippen molar-refractivity contribution in [2.45, 2.75) is 37.2 Å². The fourth-order valence-corrected chi connectivity index (χ4v) is 3.63. The van der Waals surface area contributed by atoms with E-state index < -0.39 is 5.82 Å². The Morgan fingerprint density at radius 1 is 1.52 bits per heavy atom. The molecule has 1 amide bonds. The number of rotatable bonds is 8. The lowest BCUT2D eigenvalue weighted by Crippen LogP contribution is -2.28. The lowest BCUT2D eigenvalue weighted by Gasteiger charge is -2.17. The van der Waals surface area contributed by atoms with Crippen molar-refractivity contribution in [3.8, 4) is 5.75 Å². The number of tetrazole rings is 1. The minimum Gasteiger partial charge on any atom is -0.494 e. The van der Waals surface area contributed by atoms with Gasteiger partial charge in [-0.05, 0) is 41.0 Å². The summed E-state index contributed by atoms with van der Waals surface area (Å²) in [5, 5.41) is 12.2. The Balaban J connectivity index is 1.51. The molecule has 1 aromatic carbocycles. The third-order valence-electron chi connectivity index (χ3n) is 4.29. The number of hydrogen-bond acceptors (Lipinski definition) is 7. The topological polar surface area (TPSA) is 82.4 Å². The molecule has 0 aliphatic carbocycles. The number of ether oxygens (including phenoxy) is 2. The summed E-state index contributed by atoms with van der Waals surface area (Å²) in [6.45, 7) is 1.66. The molecular weight excluding hydrogens is 373 g/mol.